The van der Waals surface area contributed by atoms with Crippen LogP contribution in [0, 0.1) is 6.92 Å². The number of para-hydroxylation sites is 2. The van der Waals surface area contributed by atoms with Crippen molar-refractivity contribution in [1.82, 2.24) is 15.3 Å². The van der Waals surface area contributed by atoms with E-state index in [1.165, 1.54) is 4.88 Å². The number of thiophene rings is 1. The fraction of sp³-hybridized carbons (Fsp3) is 0.0909. The Hall–Kier alpha value is -3.18. The Labute approximate surface area is 161 Å². The molecule has 0 fully saturated rings. The van der Waals surface area contributed by atoms with Crippen molar-refractivity contribution >= 4 is 39.9 Å². The van der Waals surface area contributed by atoms with Crippen molar-refractivity contribution in [3.63, 3.8) is 0 Å². The van der Waals surface area contributed by atoms with E-state index in [0.717, 1.165) is 21.5 Å². The van der Waals surface area contributed by atoms with Crippen molar-refractivity contribution in [3.05, 3.63) is 87.9 Å². The Morgan fingerprint density at radius 2 is 1.85 bits per heavy atom. The number of carbonyl (C=O) groups is 1. The van der Waals surface area contributed by atoms with Gasteiger partial charge in [-0.2, -0.15) is 0 Å². The van der Waals surface area contributed by atoms with Crippen molar-refractivity contribution in [2.75, 3.05) is 0 Å². The number of imidazole rings is 1. The normalized spacial score (nSPS) is 11.7. The second-order valence-electron chi connectivity index (χ2n) is 6.28. The van der Waals surface area contributed by atoms with Crippen LogP contribution < -0.4 is 5.32 Å². The molecule has 1 amide bonds. The summed E-state index contributed by atoms with van der Waals surface area (Å²) >= 11 is 1.65. The Morgan fingerprint density at radius 1 is 1.07 bits per heavy atom. The molecule has 0 saturated carbocycles. The number of benzene rings is 2. The number of carbonyl (C=O) groups excluding carboxylic acids is 1. The maximum Gasteiger partial charge on any atom is 0.255 e. The molecule has 0 aliphatic rings. The molecule has 4 rings (SSSR count). The highest BCUT2D eigenvalue weighted by Gasteiger charge is 2.16. The number of amides is 1. The summed E-state index contributed by atoms with van der Waals surface area (Å²) in [5.41, 5.74) is 3.35. The smallest absolute Gasteiger partial charge is 0.255 e. The van der Waals surface area contributed by atoms with E-state index in [-0.39, 0.29) is 5.91 Å². The lowest BCUT2D eigenvalue weighted by atomic mass is 10.2. The molecule has 0 saturated heterocycles. The minimum atomic E-state index is -0.149. The average Bonchev–Trinajstić information content (AvgIpc) is 3.30. The van der Waals surface area contributed by atoms with Crippen molar-refractivity contribution in [2.24, 2.45) is 0 Å². The van der Waals surface area contributed by atoms with Crippen LogP contribution >= 0.6 is 11.3 Å². The van der Waals surface area contributed by atoms with Gasteiger partial charge in [0.05, 0.1) is 16.6 Å². The van der Waals surface area contributed by atoms with Crippen LogP contribution in [0.25, 0.3) is 22.7 Å². The van der Waals surface area contributed by atoms with Gasteiger partial charge in [0, 0.05) is 16.3 Å². The van der Waals surface area contributed by atoms with Gasteiger partial charge < -0.3 is 10.3 Å². The van der Waals surface area contributed by atoms with Gasteiger partial charge in [0.1, 0.15) is 5.82 Å². The Kier molecular flexibility index (Phi) is 4.85. The molecule has 2 N–H and O–H groups in total. The molecule has 0 spiro atoms. The number of hydrogen-bond donors (Lipinski definition) is 2. The largest absolute Gasteiger partial charge is 0.348 e. The average molecular weight is 373 g/mol. The molecule has 2 aromatic heterocycles. The SMILES string of the molecule is Cc1ccc(C=C(C(=O)NCc2ccccc2)c2nc3ccccc3[nH]2)s1. The summed E-state index contributed by atoms with van der Waals surface area (Å²) < 4.78 is 0. The Morgan fingerprint density at radius 3 is 2.59 bits per heavy atom. The van der Waals surface area contributed by atoms with Gasteiger partial charge in [-0.25, -0.2) is 4.98 Å². The van der Waals surface area contributed by atoms with Gasteiger partial charge in [-0.1, -0.05) is 42.5 Å². The van der Waals surface area contributed by atoms with Crippen LogP contribution in [0.5, 0.6) is 0 Å². The van der Waals surface area contributed by atoms with E-state index in [1.54, 1.807) is 11.3 Å². The van der Waals surface area contributed by atoms with E-state index in [1.807, 2.05) is 66.7 Å². The molecule has 0 atom stereocenters. The third kappa shape index (κ3) is 3.99. The van der Waals surface area contributed by atoms with Crippen molar-refractivity contribution in [1.29, 1.82) is 0 Å². The van der Waals surface area contributed by atoms with Gasteiger partial charge in [0.15, 0.2) is 0 Å². The van der Waals surface area contributed by atoms with E-state index in [2.05, 4.69) is 28.3 Å². The first-order chi connectivity index (χ1) is 13.2. The van der Waals surface area contributed by atoms with Crippen LogP contribution in [0.15, 0.2) is 66.7 Å². The quantitative estimate of drug-likeness (QED) is 0.494. The summed E-state index contributed by atoms with van der Waals surface area (Å²) in [5, 5.41) is 3.01. The van der Waals surface area contributed by atoms with E-state index < -0.39 is 0 Å². The van der Waals surface area contributed by atoms with Gasteiger partial charge in [-0.05, 0) is 42.8 Å². The standard InChI is InChI=1S/C22H19N3OS/c1-15-11-12-17(27-15)13-18(21-24-19-9-5-6-10-20(19)25-21)22(26)23-14-16-7-3-2-4-8-16/h2-13H,14H2,1H3,(H,23,26)(H,24,25). The number of aryl methyl sites for hydroxylation is 1. The second-order valence-corrected chi connectivity index (χ2v) is 7.60. The zero-order valence-electron chi connectivity index (χ0n) is 14.9. The summed E-state index contributed by atoms with van der Waals surface area (Å²) in [4.78, 5) is 23.1. The molecule has 4 nitrogen and oxygen atoms in total. The van der Waals surface area contributed by atoms with Crippen LogP contribution in [0.2, 0.25) is 0 Å². The summed E-state index contributed by atoms with van der Waals surface area (Å²) in [5.74, 6) is 0.428. The highest BCUT2D eigenvalue weighted by molar-refractivity contribution is 7.12. The summed E-state index contributed by atoms with van der Waals surface area (Å²) in [6.45, 7) is 2.53. The van der Waals surface area contributed by atoms with Gasteiger partial charge in [-0.3, -0.25) is 4.79 Å². The molecule has 5 heteroatoms. The maximum atomic E-state index is 13.0. The lowest BCUT2D eigenvalue weighted by molar-refractivity contribution is -0.115. The Bertz CT molecular complexity index is 1080. The molecule has 2 heterocycles. The molecule has 2 aromatic carbocycles. The van der Waals surface area contributed by atoms with Crippen LogP contribution in [-0.2, 0) is 11.3 Å². The van der Waals surface area contributed by atoms with Gasteiger partial charge in [0.2, 0.25) is 0 Å². The first-order valence-electron chi connectivity index (χ1n) is 8.74. The minimum Gasteiger partial charge on any atom is -0.348 e. The van der Waals surface area contributed by atoms with E-state index in [4.69, 9.17) is 0 Å². The van der Waals surface area contributed by atoms with E-state index >= 15 is 0 Å². The van der Waals surface area contributed by atoms with E-state index in [9.17, 15) is 4.79 Å². The number of H-pyrrole nitrogens is 1. The lowest BCUT2D eigenvalue weighted by Gasteiger charge is -2.07. The minimum absolute atomic E-state index is 0.149. The maximum absolute atomic E-state index is 13.0. The molecule has 27 heavy (non-hydrogen) atoms. The number of hydrogen-bond acceptors (Lipinski definition) is 3. The van der Waals surface area contributed by atoms with Gasteiger partial charge >= 0.3 is 0 Å². The summed E-state index contributed by atoms with van der Waals surface area (Å²) in [6, 6.07) is 21.7. The van der Waals surface area contributed by atoms with Crippen LogP contribution in [0.1, 0.15) is 21.1 Å². The van der Waals surface area contributed by atoms with Crippen molar-refractivity contribution in [3.8, 4) is 0 Å². The topological polar surface area (TPSA) is 57.8 Å². The first-order valence-corrected chi connectivity index (χ1v) is 9.56. The Balaban J connectivity index is 1.67. The molecule has 0 aliphatic carbocycles. The first kappa shape index (κ1) is 17.2. The highest BCUT2D eigenvalue weighted by Crippen LogP contribution is 2.24. The van der Waals surface area contributed by atoms with Crippen LogP contribution in [0.3, 0.4) is 0 Å². The molecule has 134 valence electrons. The molecule has 4 aromatic rings. The number of aromatic nitrogens is 2. The van der Waals surface area contributed by atoms with E-state index in [0.29, 0.717) is 17.9 Å². The number of fused-ring (bicyclic) bond motifs is 1. The number of rotatable bonds is 5. The molecule has 0 unspecified atom stereocenters. The molecule has 0 radical (unpaired) electrons. The predicted molar refractivity (Wildman–Crippen MR) is 111 cm³/mol. The zero-order chi connectivity index (χ0) is 18.6. The van der Waals surface area contributed by atoms with Crippen LogP contribution in [-0.4, -0.2) is 15.9 Å². The molecule has 0 bridgehead atoms. The monoisotopic (exact) mass is 373 g/mol. The molecular formula is C22H19N3OS. The van der Waals surface area contributed by atoms with Crippen molar-refractivity contribution < 1.29 is 4.79 Å². The lowest BCUT2D eigenvalue weighted by Crippen LogP contribution is -2.24. The summed E-state index contributed by atoms with van der Waals surface area (Å²) in [7, 11) is 0. The number of aromatic amines is 1. The van der Waals surface area contributed by atoms with Crippen LogP contribution in [0.4, 0.5) is 0 Å². The second kappa shape index (κ2) is 7.60. The molecular weight excluding hydrogens is 354 g/mol. The molecule has 0 aliphatic heterocycles. The number of nitrogens with zero attached hydrogens (tertiary/aromatic N) is 1. The van der Waals surface area contributed by atoms with Gasteiger partial charge in [-0.15, -0.1) is 11.3 Å². The van der Waals surface area contributed by atoms with Gasteiger partial charge in [0.25, 0.3) is 5.91 Å². The third-order valence-corrected chi connectivity index (χ3v) is 5.18. The van der Waals surface area contributed by atoms with Crippen molar-refractivity contribution in [2.45, 2.75) is 13.5 Å². The fourth-order valence-corrected chi connectivity index (χ4v) is 3.69. The fourth-order valence-electron chi connectivity index (χ4n) is 2.87. The summed E-state index contributed by atoms with van der Waals surface area (Å²) in [6.07, 6.45) is 1.90. The zero-order valence-corrected chi connectivity index (χ0v) is 15.7. The predicted octanol–water partition coefficient (Wildman–Crippen LogP) is 4.79. The highest BCUT2D eigenvalue weighted by atomic mass is 32.1. The third-order valence-electron chi connectivity index (χ3n) is 4.23. The number of nitrogens with one attached hydrogen (secondary N) is 2.